The minimum absolute atomic E-state index is 0.00807. The zero-order valence-electron chi connectivity index (χ0n) is 16.6. The van der Waals surface area contributed by atoms with Crippen molar-refractivity contribution in [2.24, 2.45) is 0 Å². The Bertz CT molecular complexity index is 1270. The highest BCUT2D eigenvalue weighted by molar-refractivity contribution is 6.33. The van der Waals surface area contributed by atoms with E-state index in [-0.39, 0.29) is 11.6 Å². The van der Waals surface area contributed by atoms with Crippen LogP contribution in [0.25, 0.3) is 33.3 Å². The molecule has 7 heteroatoms. The molecule has 3 N–H and O–H groups in total. The minimum Gasteiger partial charge on any atom is -0.497 e. The fourth-order valence-corrected chi connectivity index (χ4v) is 4.17. The molecule has 0 fully saturated rings. The summed E-state index contributed by atoms with van der Waals surface area (Å²) in [5, 5.41) is 11.1. The van der Waals surface area contributed by atoms with E-state index in [1.807, 2.05) is 19.9 Å². The van der Waals surface area contributed by atoms with Gasteiger partial charge < -0.3 is 19.8 Å². The molecule has 0 saturated heterocycles. The number of carboxylic acid groups (broad SMARTS) is 1. The van der Waals surface area contributed by atoms with E-state index < -0.39 is 11.8 Å². The van der Waals surface area contributed by atoms with Crippen LogP contribution in [0.4, 0.5) is 4.39 Å². The number of aromatic amines is 2. The van der Waals surface area contributed by atoms with Gasteiger partial charge in [0.25, 0.3) is 0 Å². The smallest absolute Gasteiger partial charge is 0.352 e. The van der Waals surface area contributed by atoms with E-state index >= 15 is 0 Å². The highest BCUT2D eigenvalue weighted by atomic mass is 35.5. The molecule has 0 spiro atoms. The fourth-order valence-electron chi connectivity index (χ4n) is 3.91. The van der Waals surface area contributed by atoms with Crippen molar-refractivity contribution in [3.05, 3.63) is 64.7 Å². The van der Waals surface area contributed by atoms with Crippen LogP contribution < -0.4 is 4.74 Å². The molecule has 0 amide bonds. The third kappa shape index (κ3) is 3.23. The summed E-state index contributed by atoms with van der Waals surface area (Å²) in [6.45, 7) is 3.93. The molecular weight excluding hydrogens is 407 g/mol. The Labute approximate surface area is 177 Å². The van der Waals surface area contributed by atoms with Crippen molar-refractivity contribution < 1.29 is 19.0 Å². The summed E-state index contributed by atoms with van der Waals surface area (Å²) in [5.41, 5.74) is 3.62. The van der Waals surface area contributed by atoms with Crippen molar-refractivity contribution in [1.29, 1.82) is 0 Å². The Morgan fingerprint density at radius 1 is 1.17 bits per heavy atom. The molecule has 0 bridgehead atoms. The van der Waals surface area contributed by atoms with Crippen LogP contribution in [-0.2, 0) is 0 Å². The number of methoxy groups -OCH3 is 1. The van der Waals surface area contributed by atoms with Gasteiger partial charge in [-0.3, -0.25) is 0 Å². The van der Waals surface area contributed by atoms with Crippen LogP contribution in [0.3, 0.4) is 0 Å². The number of ether oxygens (including phenoxy) is 1. The molecule has 2 heterocycles. The Morgan fingerprint density at radius 3 is 2.57 bits per heavy atom. The van der Waals surface area contributed by atoms with Crippen molar-refractivity contribution in [2.45, 2.75) is 19.8 Å². The van der Waals surface area contributed by atoms with Gasteiger partial charge in [0.15, 0.2) is 0 Å². The number of carboxylic acids is 1. The first kappa shape index (κ1) is 20.0. The molecule has 2 aromatic heterocycles. The van der Waals surface area contributed by atoms with Crippen LogP contribution in [-0.4, -0.2) is 28.2 Å². The quantitative estimate of drug-likeness (QED) is 0.343. The molecule has 4 aromatic rings. The second-order valence-corrected chi connectivity index (χ2v) is 7.77. The summed E-state index contributed by atoms with van der Waals surface area (Å²) >= 11 is 6.50. The van der Waals surface area contributed by atoms with Crippen molar-refractivity contribution >= 4 is 28.5 Å². The van der Waals surface area contributed by atoms with E-state index in [0.29, 0.717) is 38.7 Å². The molecule has 0 aliphatic carbocycles. The summed E-state index contributed by atoms with van der Waals surface area (Å²) in [4.78, 5) is 18.2. The van der Waals surface area contributed by atoms with Crippen LogP contribution in [0.5, 0.6) is 5.75 Å². The summed E-state index contributed by atoms with van der Waals surface area (Å²) in [5.74, 6) is -1.02. The number of H-pyrrole nitrogens is 2. The largest absolute Gasteiger partial charge is 0.497 e. The highest BCUT2D eigenvalue weighted by Gasteiger charge is 2.28. The van der Waals surface area contributed by atoms with Gasteiger partial charge in [0.1, 0.15) is 17.3 Å². The van der Waals surface area contributed by atoms with Gasteiger partial charge in [-0.2, -0.15) is 0 Å². The summed E-state index contributed by atoms with van der Waals surface area (Å²) in [6, 6.07) is 9.79. The fraction of sp³-hybridized carbons (Fsp3) is 0.174. The Kier molecular flexibility index (Phi) is 5.03. The number of halogens is 2. The third-order valence-corrected chi connectivity index (χ3v) is 5.49. The predicted molar refractivity (Wildman–Crippen MR) is 116 cm³/mol. The van der Waals surface area contributed by atoms with Gasteiger partial charge in [-0.25, -0.2) is 9.18 Å². The normalized spacial score (nSPS) is 11.4. The molecule has 0 atom stereocenters. The minimum atomic E-state index is -1.12. The van der Waals surface area contributed by atoms with Gasteiger partial charge >= 0.3 is 5.97 Å². The number of rotatable bonds is 5. The molecule has 154 valence electrons. The molecule has 4 rings (SSSR count). The van der Waals surface area contributed by atoms with Gasteiger partial charge in [0, 0.05) is 33.8 Å². The van der Waals surface area contributed by atoms with Gasteiger partial charge in [-0.1, -0.05) is 25.4 Å². The lowest BCUT2D eigenvalue weighted by Gasteiger charge is -2.14. The van der Waals surface area contributed by atoms with Gasteiger partial charge in [-0.05, 0) is 47.9 Å². The van der Waals surface area contributed by atoms with E-state index in [9.17, 15) is 14.3 Å². The van der Waals surface area contributed by atoms with E-state index in [0.717, 1.165) is 10.9 Å². The SMILES string of the molecule is COc1ccc(-c2c(C(=O)O)[nH]c(-c3cc(F)cc4[nH]ccc34)c2C(C)C)c(Cl)c1. The second-order valence-electron chi connectivity index (χ2n) is 7.36. The number of fused-ring (bicyclic) bond motifs is 1. The molecular formula is C23H20ClFN2O3. The van der Waals surface area contributed by atoms with E-state index in [1.165, 1.54) is 19.2 Å². The summed E-state index contributed by atoms with van der Waals surface area (Å²) in [7, 11) is 1.54. The molecule has 0 saturated carbocycles. The number of nitrogens with one attached hydrogen (secondary N) is 2. The zero-order chi connectivity index (χ0) is 21.6. The summed E-state index contributed by atoms with van der Waals surface area (Å²) in [6.07, 6.45) is 1.73. The average Bonchev–Trinajstić information content (AvgIpc) is 3.31. The van der Waals surface area contributed by atoms with Crippen LogP contribution in [0.1, 0.15) is 35.8 Å². The van der Waals surface area contributed by atoms with E-state index in [4.69, 9.17) is 16.3 Å². The molecule has 0 aliphatic heterocycles. The zero-order valence-corrected chi connectivity index (χ0v) is 17.4. The number of aromatic carboxylic acids is 1. The lowest BCUT2D eigenvalue weighted by molar-refractivity contribution is 0.0692. The van der Waals surface area contributed by atoms with Gasteiger partial charge in [-0.15, -0.1) is 0 Å². The lowest BCUT2D eigenvalue weighted by Crippen LogP contribution is -2.00. The monoisotopic (exact) mass is 426 g/mol. The predicted octanol–water partition coefficient (Wildman–Crippen LogP) is 6.45. The van der Waals surface area contributed by atoms with Crippen LogP contribution in [0, 0.1) is 5.82 Å². The third-order valence-electron chi connectivity index (χ3n) is 5.18. The van der Waals surface area contributed by atoms with Crippen LogP contribution in [0.2, 0.25) is 5.02 Å². The number of benzene rings is 2. The second kappa shape index (κ2) is 7.54. The highest BCUT2D eigenvalue weighted by Crippen LogP contribution is 2.44. The molecule has 30 heavy (non-hydrogen) atoms. The van der Waals surface area contributed by atoms with E-state index in [2.05, 4.69) is 9.97 Å². The topological polar surface area (TPSA) is 78.1 Å². The number of hydrogen-bond acceptors (Lipinski definition) is 2. The van der Waals surface area contributed by atoms with Crippen molar-refractivity contribution in [3.63, 3.8) is 0 Å². The first-order valence-electron chi connectivity index (χ1n) is 9.41. The maximum Gasteiger partial charge on any atom is 0.352 e. The number of hydrogen-bond donors (Lipinski definition) is 3. The number of aromatic nitrogens is 2. The molecule has 0 unspecified atom stereocenters. The maximum atomic E-state index is 14.3. The van der Waals surface area contributed by atoms with E-state index in [1.54, 1.807) is 24.4 Å². The molecule has 0 aliphatic rings. The summed E-state index contributed by atoms with van der Waals surface area (Å²) < 4.78 is 19.6. The standard InChI is InChI=1S/C23H20ClFN2O3/c1-11(2)19-20(15-5-4-13(30-3)10-17(15)24)22(23(28)29)27-21(19)16-8-12(25)9-18-14(16)6-7-26-18/h4-11,26-27H,1-3H3,(H,28,29). The average molecular weight is 427 g/mol. The van der Waals surface area contributed by atoms with Crippen LogP contribution in [0.15, 0.2) is 42.6 Å². The molecule has 5 nitrogen and oxygen atoms in total. The Hall–Kier alpha value is -3.25. The lowest BCUT2D eigenvalue weighted by atomic mass is 9.90. The first-order valence-corrected chi connectivity index (χ1v) is 9.79. The van der Waals surface area contributed by atoms with Crippen molar-refractivity contribution in [2.75, 3.05) is 7.11 Å². The molecule has 0 radical (unpaired) electrons. The Morgan fingerprint density at radius 2 is 1.93 bits per heavy atom. The van der Waals surface area contributed by atoms with Crippen molar-refractivity contribution in [1.82, 2.24) is 9.97 Å². The molecule has 2 aromatic carbocycles. The number of carbonyl (C=O) groups is 1. The Balaban J connectivity index is 2.08. The first-order chi connectivity index (χ1) is 14.3. The van der Waals surface area contributed by atoms with Crippen LogP contribution >= 0.6 is 11.6 Å². The van der Waals surface area contributed by atoms with Crippen molar-refractivity contribution in [3.8, 4) is 28.1 Å². The van der Waals surface area contributed by atoms with Gasteiger partial charge in [0.2, 0.25) is 0 Å². The van der Waals surface area contributed by atoms with Gasteiger partial charge in [0.05, 0.1) is 17.8 Å². The maximum absolute atomic E-state index is 14.3.